The number of aryl methyl sites for hydroxylation is 1. The molecule has 0 heterocycles. The second-order valence-electron chi connectivity index (χ2n) is 4.96. The number of benzene rings is 2. The molecule has 2 rings (SSSR count). The van der Waals surface area contributed by atoms with Crippen LogP contribution in [0.1, 0.15) is 21.5 Å². The summed E-state index contributed by atoms with van der Waals surface area (Å²) in [6, 6.07) is 12.2. The zero-order valence-electron chi connectivity index (χ0n) is 12.6. The maximum atomic E-state index is 11.9. The Balaban J connectivity index is 1.95. The molecule has 2 aromatic carbocycles. The van der Waals surface area contributed by atoms with Crippen molar-refractivity contribution in [2.24, 2.45) is 0 Å². The molecule has 114 valence electrons. The molecule has 0 fully saturated rings. The summed E-state index contributed by atoms with van der Waals surface area (Å²) in [7, 11) is 0. The van der Waals surface area contributed by atoms with Gasteiger partial charge in [-0.15, -0.1) is 0 Å². The molecule has 22 heavy (non-hydrogen) atoms. The number of para-hydroxylation sites is 1. The van der Waals surface area contributed by atoms with E-state index in [1.165, 1.54) is 0 Å². The molecule has 1 amide bonds. The van der Waals surface area contributed by atoms with Gasteiger partial charge in [-0.25, -0.2) is 4.79 Å². The zero-order chi connectivity index (χ0) is 16.1. The molecule has 5 heteroatoms. The Morgan fingerprint density at radius 3 is 2.55 bits per heavy atom. The number of nitrogen functional groups attached to an aromatic ring is 1. The SMILES string of the molecule is Cc1cccc(NC(=O)COC(=O)c2ccccc2N)c1C. The summed E-state index contributed by atoms with van der Waals surface area (Å²) in [5, 5.41) is 2.73. The van der Waals surface area contributed by atoms with E-state index in [2.05, 4.69) is 5.32 Å². The fourth-order valence-corrected chi connectivity index (χ4v) is 1.96. The number of carbonyl (C=O) groups is 2. The molecule has 2 aromatic rings. The van der Waals surface area contributed by atoms with Crippen molar-refractivity contribution in [1.82, 2.24) is 0 Å². The third-order valence-electron chi connectivity index (χ3n) is 3.39. The van der Waals surface area contributed by atoms with E-state index >= 15 is 0 Å². The van der Waals surface area contributed by atoms with E-state index in [0.29, 0.717) is 11.4 Å². The molecular weight excluding hydrogens is 280 g/mol. The van der Waals surface area contributed by atoms with Gasteiger partial charge in [0, 0.05) is 11.4 Å². The maximum Gasteiger partial charge on any atom is 0.340 e. The lowest BCUT2D eigenvalue weighted by Gasteiger charge is -2.11. The summed E-state index contributed by atoms with van der Waals surface area (Å²) < 4.78 is 4.98. The van der Waals surface area contributed by atoms with Gasteiger partial charge >= 0.3 is 5.97 Å². The molecule has 0 aromatic heterocycles. The van der Waals surface area contributed by atoms with Crippen molar-refractivity contribution in [3.63, 3.8) is 0 Å². The molecule has 5 nitrogen and oxygen atoms in total. The predicted octanol–water partition coefficient (Wildman–Crippen LogP) is 2.68. The van der Waals surface area contributed by atoms with Crippen LogP contribution in [0.4, 0.5) is 11.4 Å². The number of carbonyl (C=O) groups excluding carboxylic acids is 2. The Kier molecular flexibility index (Phi) is 4.78. The number of amides is 1. The number of esters is 1. The lowest BCUT2D eigenvalue weighted by molar-refractivity contribution is -0.119. The Labute approximate surface area is 129 Å². The highest BCUT2D eigenvalue weighted by Crippen LogP contribution is 2.18. The van der Waals surface area contributed by atoms with Crippen LogP contribution in [0.3, 0.4) is 0 Å². The van der Waals surface area contributed by atoms with E-state index in [9.17, 15) is 9.59 Å². The second kappa shape index (κ2) is 6.76. The Morgan fingerprint density at radius 1 is 1.09 bits per heavy atom. The molecule has 0 radical (unpaired) electrons. The van der Waals surface area contributed by atoms with E-state index in [4.69, 9.17) is 10.5 Å². The van der Waals surface area contributed by atoms with Gasteiger partial charge in [0.1, 0.15) is 0 Å². The topological polar surface area (TPSA) is 81.4 Å². The van der Waals surface area contributed by atoms with Gasteiger partial charge in [-0.3, -0.25) is 4.79 Å². The largest absolute Gasteiger partial charge is 0.452 e. The quantitative estimate of drug-likeness (QED) is 0.671. The first-order valence-electron chi connectivity index (χ1n) is 6.86. The highest BCUT2D eigenvalue weighted by molar-refractivity contribution is 5.98. The highest BCUT2D eigenvalue weighted by Gasteiger charge is 2.13. The van der Waals surface area contributed by atoms with Crippen LogP contribution >= 0.6 is 0 Å². The normalized spacial score (nSPS) is 10.1. The summed E-state index contributed by atoms with van der Waals surface area (Å²) in [4.78, 5) is 23.7. The minimum absolute atomic E-state index is 0.252. The first-order chi connectivity index (χ1) is 10.5. The fourth-order valence-electron chi connectivity index (χ4n) is 1.96. The van der Waals surface area contributed by atoms with Crippen LogP contribution in [0, 0.1) is 13.8 Å². The maximum absolute atomic E-state index is 11.9. The van der Waals surface area contributed by atoms with Gasteiger partial charge in [0.15, 0.2) is 6.61 Å². The van der Waals surface area contributed by atoms with E-state index in [1.807, 2.05) is 26.0 Å². The molecule has 0 saturated heterocycles. The van der Waals surface area contributed by atoms with Crippen molar-refractivity contribution >= 4 is 23.3 Å². The fraction of sp³-hybridized carbons (Fsp3) is 0.176. The average Bonchev–Trinajstić information content (AvgIpc) is 2.50. The molecule has 3 N–H and O–H groups in total. The van der Waals surface area contributed by atoms with Gasteiger partial charge in [0.25, 0.3) is 5.91 Å². The minimum atomic E-state index is -0.616. The zero-order valence-corrected chi connectivity index (χ0v) is 12.6. The van der Waals surface area contributed by atoms with Gasteiger partial charge < -0.3 is 15.8 Å². The number of hydrogen-bond donors (Lipinski definition) is 2. The summed E-state index contributed by atoms with van der Waals surface area (Å²) in [6.07, 6.45) is 0. The smallest absolute Gasteiger partial charge is 0.340 e. The Hall–Kier alpha value is -2.82. The van der Waals surface area contributed by atoms with Crippen molar-refractivity contribution < 1.29 is 14.3 Å². The molecule has 0 spiro atoms. The average molecular weight is 298 g/mol. The number of hydrogen-bond acceptors (Lipinski definition) is 4. The highest BCUT2D eigenvalue weighted by atomic mass is 16.5. The van der Waals surface area contributed by atoms with Crippen LogP contribution in [0.5, 0.6) is 0 Å². The van der Waals surface area contributed by atoms with Crippen LogP contribution in [-0.2, 0) is 9.53 Å². The first kappa shape index (κ1) is 15.6. The molecule has 0 aliphatic heterocycles. The third-order valence-corrected chi connectivity index (χ3v) is 3.39. The van der Waals surface area contributed by atoms with Crippen molar-refractivity contribution in [3.8, 4) is 0 Å². The van der Waals surface area contributed by atoms with Crippen LogP contribution in [0.15, 0.2) is 42.5 Å². The van der Waals surface area contributed by atoms with Gasteiger partial charge in [-0.05, 0) is 43.2 Å². The molecule has 0 saturated carbocycles. The molecule has 0 bridgehead atoms. The summed E-state index contributed by atoms with van der Waals surface area (Å²) >= 11 is 0. The van der Waals surface area contributed by atoms with Crippen LogP contribution < -0.4 is 11.1 Å². The van der Waals surface area contributed by atoms with Crippen molar-refractivity contribution in [2.75, 3.05) is 17.7 Å². The van der Waals surface area contributed by atoms with Crippen LogP contribution in [0.2, 0.25) is 0 Å². The first-order valence-corrected chi connectivity index (χ1v) is 6.86. The second-order valence-corrected chi connectivity index (χ2v) is 4.96. The number of rotatable bonds is 4. The molecule has 0 aliphatic carbocycles. The van der Waals surface area contributed by atoms with E-state index in [1.54, 1.807) is 30.3 Å². The lowest BCUT2D eigenvalue weighted by atomic mass is 10.1. The number of ether oxygens (including phenoxy) is 1. The number of anilines is 2. The van der Waals surface area contributed by atoms with Crippen molar-refractivity contribution in [3.05, 3.63) is 59.2 Å². The van der Waals surface area contributed by atoms with Crippen LogP contribution in [0.25, 0.3) is 0 Å². The number of nitrogens with one attached hydrogen (secondary N) is 1. The van der Waals surface area contributed by atoms with Gasteiger partial charge in [-0.1, -0.05) is 24.3 Å². The molecule has 0 unspecified atom stereocenters. The summed E-state index contributed by atoms with van der Waals surface area (Å²) in [5.41, 5.74) is 9.03. The summed E-state index contributed by atoms with van der Waals surface area (Å²) in [5.74, 6) is -1.01. The lowest BCUT2D eigenvalue weighted by Crippen LogP contribution is -2.21. The molecule has 0 atom stereocenters. The molecule has 0 aliphatic rings. The standard InChI is InChI=1S/C17H18N2O3/c1-11-6-5-9-15(12(11)2)19-16(20)10-22-17(21)13-7-3-4-8-14(13)18/h3-9H,10,18H2,1-2H3,(H,19,20). The summed E-state index contributed by atoms with van der Waals surface area (Å²) in [6.45, 7) is 3.52. The molecular formula is C17H18N2O3. The minimum Gasteiger partial charge on any atom is -0.452 e. The van der Waals surface area contributed by atoms with Crippen molar-refractivity contribution in [1.29, 1.82) is 0 Å². The van der Waals surface area contributed by atoms with Gasteiger partial charge in [0.05, 0.1) is 5.56 Å². The van der Waals surface area contributed by atoms with Crippen LogP contribution in [-0.4, -0.2) is 18.5 Å². The Morgan fingerprint density at radius 2 is 1.82 bits per heavy atom. The van der Waals surface area contributed by atoms with Gasteiger partial charge in [0.2, 0.25) is 0 Å². The van der Waals surface area contributed by atoms with E-state index < -0.39 is 11.9 Å². The van der Waals surface area contributed by atoms with E-state index in [-0.39, 0.29) is 12.2 Å². The van der Waals surface area contributed by atoms with E-state index in [0.717, 1.165) is 11.1 Å². The van der Waals surface area contributed by atoms with Crippen molar-refractivity contribution in [2.45, 2.75) is 13.8 Å². The Bertz CT molecular complexity index is 711. The third kappa shape index (κ3) is 3.63. The van der Waals surface area contributed by atoms with Gasteiger partial charge in [-0.2, -0.15) is 0 Å². The predicted molar refractivity (Wildman–Crippen MR) is 85.7 cm³/mol. The monoisotopic (exact) mass is 298 g/mol. The number of nitrogens with two attached hydrogens (primary N) is 1.